The molecule has 0 unspecified atom stereocenters. The minimum atomic E-state index is 0.543. The topological polar surface area (TPSA) is 49.8 Å². The summed E-state index contributed by atoms with van der Waals surface area (Å²) in [6.45, 7) is 7.42. The van der Waals surface area contributed by atoms with Crippen LogP contribution in [0.25, 0.3) is 0 Å². The zero-order chi connectivity index (χ0) is 14.4. The second kappa shape index (κ2) is 6.89. The van der Waals surface area contributed by atoms with E-state index in [1.165, 1.54) is 5.56 Å². The number of rotatable bonds is 6. The Morgan fingerprint density at radius 1 is 1.10 bits per heavy atom. The van der Waals surface area contributed by atoms with Gasteiger partial charge in [-0.3, -0.25) is 0 Å². The van der Waals surface area contributed by atoms with Gasteiger partial charge in [0.1, 0.15) is 5.82 Å². The van der Waals surface area contributed by atoms with E-state index in [-0.39, 0.29) is 0 Å². The summed E-state index contributed by atoms with van der Waals surface area (Å²) >= 11 is 0. The summed E-state index contributed by atoms with van der Waals surface area (Å²) in [6.07, 6.45) is 2.83. The zero-order valence-corrected chi connectivity index (χ0v) is 12.4. The Labute approximate surface area is 120 Å². The van der Waals surface area contributed by atoms with Crippen LogP contribution in [0.2, 0.25) is 0 Å². The van der Waals surface area contributed by atoms with E-state index < -0.39 is 0 Å². The molecule has 0 radical (unpaired) electrons. The molecule has 0 spiro atoms. The molecule has 20 heavy (non-hydrogen) atoms. The summed E-state index contributed by atoms with van der Waals surface area (Å²) in [5.41, 5.74) is 2.33. The van der Waals surface area contributed by atoms with Gasteiger partial charge in [-0.1, -0.05) is 32.9 Å². The highest BCUT2D eigenvalue weighted by Crippen LogP contribution is 2.19. The molecule has 2 N–H and O–H groups in total. The van der Waals surface area contributed by atoms with Crippen LogP contribution in [-0.2, 0) is 0 Å². The van der Waals surface area contributed by atoms with Crippen LogP contribution in [0.15, 0.2) is 36.5 Å². The van der Waals surface area contributed by atoms with E-state index in [0.717, 1.165) is 24.5 Å². The number of hydrogen-bond acceptors (Lipinski definition) is 4. The lowest BCUT2D eigenvalue weighted by molar-refractivity contribution is 0.867. The molecular formula is C16H22N4. The van der Waals surface area contributed by atoms with Crippen molar-refractivity contribution in [3.05, 3.63) is 42.1 Å². The Morgan fingerprint density at radius 3 is 2.50 bits per heavy atom. The smallest absolute Gasteiger partial charge is 0.229 e. The van der Waals surface area contributed by atoms with Gasteiger partial charge in [0.2, 0.25) is 5.95 Å². The van der Waals surface area contributed by atoms with Gasteiger partial charge in [0, 0.05) is 18.4 Å². The molecule has 0 aliphatic heterocycles. The third kappa shape index (κ3) is 3.95. The number of aromatic nitrogens is 2. The Hall–Kier alpha value is -2.10. The van der Waals surface area contributed by atoms with E-state index >= 15 is 0 Å². The first-order chi connectivity index (χ1) is 9.69. The minimum Gasteiger partial charge on any atom is -0.370 e. The molecule has 4 nitrogen and oxygen atoms in total. The van der Waals surface area contributed by atoms with E-state index in [9.17, 15) is 0 Å². The monoisotopic (exact) mass is 270 g/mol. The molecule has 0 saturated carbocycles. The second-order valence-electron chi connectivity index (χ2n) is 5.09. The number of nitrogens with one attached hydrogen (secondary N) is 2. The van der Waals surface area contributed by atoms with Crippen molar-refractivity contribution in [2.45, 2.75) is 33.1 Å². The molecule has 0 atom stereocenters. The summed E-state index contributed by atoms with van der Waals surface area (Å²) in [5, 5.41) is 6.48. The van der Waals surface area contributed by atoms with Crippen LogP contribution in [0.3, 0.4) is 0 Å². The van der Waals surface area contributed by atoms with Crippen LogP contribution in [-0.4, -0.2) is 16.5 Å². The second-order valence-corrected chi connectivity index (χ2v) is 5.09. The molecule has 2 aromatic rings. The summed E-state index contributed by atoms with van der Waals surface area (Å²) in [5.74, 6) is 2.01. The number of benzene rings is 1. The maximum absolute atomic E-state index is 4.43. The van der Waals surface area contributed by atoms with Crippen molar-refractivity contribution in [2.75, 3.05) is 17.2 Å². The first kappa shape index (κ1) is 14.3. The standard InChI is InChI=1S/C16H22N4/c1-4-10-17-15-9-11-18-16(20-15)19-14-7-5-13(6-8-14)12(2)3/h5-9,11-12H,4,10H2,1-3H3,(H2,17,18,19,20). The van der Waals surface area contributed by atoms with Crippen LogP contribution < -0.4 is 10.6 Å². The van der Waals surface area contributed by atoms with Gasteiger partial charge in [-0.25, -0.2) is 4.98 Å². The van der Waals surface area contributed by atoms with E-state index in [1.807, 2.05) is 6.07 Å². The molecule has 1 aromatic heterocycles. The van der Waals surface area contributed by atoms with Crippen LogP contribution in [0.4, 0.5) is 17.5 Å². The van der Waals surface area contributed by atoms with Crippen LogP contribution in [0.1, 0.15) is 38.7 Å². The first-order valence-electron chi connectivity index (χ1n) is 7.13. The van der Waals surface area contributed by atoms with Crippen molar-refractivity contribution in [2.24, 2.45) is 0 Å². The Morgan fingerprint density at radius 2 is 1.85 bits per heavy atom. The molecule has 0 aliphatic carbocycles. The predicted molar refractivity (Wildman–Crippen MR) is 84.6 cm³/mol. The lowest BCUT2D eigenvalue weighted by Crippen LogP contribution is -2.04. The maximum atomic E-state index is 4.43. The summed E-state index contributed by atoms with van der Waals surface area (Å²) in [7, 11) is 0. The molecule has 106 valence electrons. The van der Waals surface area contributed by atoms with E-state index in [4.69, 9.17) is 0 Å². The number of nitrogens with zero attached hydrogens (tertiary/aromatic N) is 2. The molecule has 1 heterocycles. The average Bonchev–Trinajstić information content (AvgIpc) is 2.46. The molecule has 0 bridgehead atoms. The highest BCUT2D eigenvalue weighted by atomic mass is 15.1. The van der Waals surface area contributed by atoms with Crippen molar-refractivity contribution in [3.8, 4) is 0 Å². The molecule has 2 rings (SSSR count). The molecule has 1 aromatic carbocycles. The third-order valence-corrected chi connectivity index (χ3v) is 3.05. The van der Waals surface area contributed by atoms with Gasteiger partial charge < -0.3 is 10.6 Å². The fraction of sp³-hybridized carbons (Fsp3) is 0.375. The van der Waals surface area contributed by atoms with Gasteiger partial charge in [0.15, 0.2) is 0 Å². The normalized spacial score (nSPS) is 10.6. The molecule has 0 saturated heterocycles. The van der Waals surface area contributed by atoms with Crippen molar-refractivity contribution in [3.63, 3.8) is 0 Å². The van der Waals surface area contributed by atoms with Crippen molar-refractivity contribution < 1.29 is 0 Å². The number of hydrogen-bond donors (Lipinski definition) is 2. The maximum Gasteiger partial charge on any atom is 0.229 e. The summed E-state index contributed by atoms with van der Waals surface area (Å²) in [6, 6.07) is 10.3. The highest BCUT2D eigenvalue weighted by molar-refractivity contribution is 5.55. The van der Waals surface area contributed by atoms with E-state index in [0.29, 0.717) is 11.9 Å². The first-order valence-corrected chi connectivity index (χ1v) is 7.13. The van der Waals surface area contributed by atoms with Crippen molar-refractivity contribution in [1.82, 2.24) is 9.97 Å². The molecule has 0 amide bonds. The molecular weight excluding hydrogens is 248 g/mol. The lowest BCUT2D eigenvalue weighted by Gasteiger charge is -2.09. The van der Waals surface area contributed by atoms with Crippen molar-refractivity contribution in [1.29, 1.82) is 0 Å². The SMILES string of the molecule is CCCNc1ccnc(Nc2ccc(C(C)C)cc2)n1. The van der Waals surface area contributed by atoms with Crippen LogP contribution >= 0.6 is 0 Å². The fourth-order valence-corrected chi connectivity index (χ4v) is 1.85. The average molecular weight is 270 g/mol. The quantitative estimate of drug-likeness (QED) is 0.827. The van der Waals surface area contributed by atoms with Gasteiger partial charge in [0.05, 0.1) is 0 Å². The molecule has 0 aliphatic rings. The van der Waals surface area contributed by atoms with Gasteiger partial charge in [-0.05, 0) is 36.1 Å². The van der Waals surface area contributed by atoms with Crippen LogP contribution in [0, 0.1) is 0 Å². The Kier molecular flexibility index (Phi) is 4.93. The van der Waals surface area contributed by atoms with Crippen molar-refractivity contribution >= 4 is 17.5 Å². The largest absolute Gasteiger partial charge is 0.370 e. The zero-order valence-electron chi connectivity index (χ0n) is 12.4. The van der Waals surface area contributed by atoms with Gasteiger partial charge in [-0.2, -0.15) is 4.98 Å². The minimum absolute atomic E-state index is 0.543. The predicted octanol–water partition coefficient (Wildman–Crippen LogP) is 4.17. The third-order valence-electron chi connectivity index (χ3n) is 3.05. The molecule has 4 heteroatoms. The fourth-order valence-electron chi connectivity index (χ4n) is 1.85. The van der Waals surface area contributed by atoms with E-state index in [2.05, 4.69) is 65.6 Å². The summed E-state index contributed by atoms with van der Waals surface area (Å²) in [4.78, 5) is 8.67. The Balaban J connectivity index is 2.05. The van der Waals surface area contributed by atoms with Gasteiger partial charge in [0.25, 0.3) is 0 Å². The van der Waals surface area contributed by atoms with Gasteiger partial charge in [-0.15, -0.1) is 0 Å². The molecule has 0 fully saturated rings. The van der Waals surface area contributed by atoms with Crippen LogP contribution in [0.5, 0.6) is 0 Å². The lowest BCUT2D eigenvalue weighted by atomic mass is 10.0. The number of anilines is 3. The highest BCUT2D eigenvalue weighted by Gasteiger charge is 2.01. The summed E-state index contributed by atoms with van der Waals surface area (Å²) < 4.78 is 0. The Bertz CT molecular complexity index is 534. The van der Waals surface area contributed by atoms with E-state index in [1.54, 1.807) is 6.20 Å². The van der Waals surface area contributed by atoms with Gasteiger partial charge >= 0.3 is 0 Å².